The van der Waals surface area contributed by atoms with Gasteiger partial charge in [-0.2, -0.15) is 13.2 Å². The summed E-state index contributed by atoms with van der Waals surface area (Å²) in [6, 6.07) is 9.50. The van der Waals surface area contributed by atoms with Crippen molar-refractivity contribution in [3.8, 4) is 11.5 Å². The van der Waals surface area contributed by atoms with E-state index in [1.807, 2.05) is 6.92 Å². The highest BCUT2D eigenvalue weighted by Gasteiger charge is 2.29. The minimum absolute atomic E-state index is 0.276. The molecule has 2 aromatic carbocycles. The second-order valence-electron chi connectivity index (χ2n) is 5.66. The summed E-state index contributed by atoms with van der Waals surface area (Å²) in [4.78, 5) is 12.0. The normalized spacial score (nSPS) is 11.4. The third-order valence-electron chi connectivity index (χ3n) is 3.56. The van der Waals surface area contributed by atoms with Crippen LogP contribution in [0.1, 0.15) is 24.5 Å². The van der Waals surface area contributed by atoms with Crippen molar-refractivity contribution in [2.75, 3.05) is 19.0 Å². The highest BCUT2D eigenvalue weighted by Crippen LogP contribution is 2.30. The lowest BCUT2D eigenvalue weighted by atomic mass is 10.1. The van der Waals surface area contributed by atoms with Gasteiger partial charge < -0.3 is 14.8 Å². The van der Waals surface area contributed by atoms with E-state index in [2.05, 4.69) is 5.32 Å². The molecule has 0 atom stereocenters. The molecule has 0 heterocycles. The quantitative estimate of drug-likeness (QED) is 0.677. The number of methoxy groups -OCH3 is 1. The maximum absolute atomic E-state index is 12.5. The summed E-state index contributed by atoms with van der Waals surface area (Å²) in [7, 11) is 1.53. The van der Waals surface area contributed by atoms with Crippen LogP contribution in [0.4, 0.5) is 18.9 Å². The van der Waals surface area contributed by atoms with Crippen LogP contribution in [-0.4, -0.2) is 19.6 Å². The summed E-state index contributed by atoms with van der Waals surface area (Å²) < 4.78 is 48.4. The average Bonchev–Trinajstić information content (AvgIpc) is 2.64. The van der Waals surface area contributed by atoms with E-state index in [4.69, 9.17) is 9.47 Å². The molecule has 0 aliphatic heterocycles. The Bertz CT molecular complexity index is 799. The summed E-state index contributed by atoms with van der Waals surface area (Å²) in [6.07, 6.45) is -0.673. The molecule has 1 N–H and O–H groups in total. The van der Waals surface area contributed by atoms with E-state index in [1.165, 1.54) is 25.3 Å². The van der Waals surface area contributed by atoms with Crippen LogP contribution in [-0.2, 0) is 11.0 Å². The zero-order valence-corrected chi connectivity index (χ0v) is 15.0. The first kappa shape index (κ1) is 20.4. The van der Waals surface area contributed by atoms with Gasteiger partial charge in [-0.3, -0.25) is 4.79 Å². The van der Waals surface area contributed by atoms with Crippen LogP contribution in [0.5, 0.6) is 11.5 Å². The van der Waals surface area contributed by atoms with Gasteiger partial charge >= 0.3 is 6.18 Å². The molecule has 1 amide bonds. The highest BCUT2D eigenvalue weighted by molar-refractivity contribution is 6.01. The Hall–Kier alpha value is -2.96. The Morgan fingerprint density at radius 2 is 1.81 bits per heavy atom. The van der Waals surface area contributed by atoms with Crippen molar-refractivity contribution < 1.29 is 27.4 Å². The first-order valence-corrected chi connectivity index (χ1v) is 8.30. The molecule has 0 aromatic heterocycles. The fourth-order valence-electron chi connectivity index (χ4n) is 2.22. The number of benzene rings is 2. The van der Waals surface area contributed by atoms with Crippen molar-refractivity contribution >= 4 is 17.7 Å². The Morgan fingerprint density at radius 3 is 2.41 bits per heavy atom. The standard InChI is InChI=1S/C20H20F3NO3/c1-3-12-27-17-10-4-14(13-18(17)26-2)5-11-19(25)24-16-8-6-15(7-9-16)20(21,22)23/h4-11,13H,3,12H2,1-2H3,(H,24,25)/b11-5+. The molecule has 0 radical (unpaired) electrons. The van der Waals surface area contributed by atoms with E-state index in [1.54, 1.807) is 24.3 Å². The summed E-state index contributed by atoms with van der Waals surface area (Å²) in [5, 5.41) is 2.51. The van der Waals surface area contributed by atoms with Gasteiger partial charge in [0.05, 0.1) is 19.3 Å². The molecule has 144 valence electrons. The van der Waals surface area contributed by atoms with E-state index in [0.717, 1.165) is 24.1 Å². The average molecular weight is 379 g/mol. The van der Waals surface area contributed by atoms with Crippen molar-refractivity contribution in [1.29, 1.82) is 0 Å². The molecule has 0 fully saturated rings. The van der Waals surface area contributed by atoms with E-state index < -0.39 is 17.6 Å². The zero-order chi connectivity index (χ0) is 19.9. The molecule has 0 spiro atoms. The third-order valence-corrected chi connectivity index (χ3v) is 3.56. The zero-order valence-electron chi connectivity index (χ0n) is 15.0. The van der Waals surface area contributed by atoms with Gasteiger partial charge in [-0.1, -0.05) is 13.0 Å². The summed E-state index contributed by atoms with van der Waals surface area (Å²) in [5.41, 5.74) is 0.227. The first-order valence-electron chi connectivity index (χ1n) is 8.30. The van der Waals surface area contributed by atoms with Crippen molar-refractivity contribution in [3.05, 3.63) is 59.7 Å². The predicted molar refractivity (Wildman–Crippen MR) is 97.9 cm³/mol. The number of ether oxygens (including phenoxy) is 2. The molecule has 7 heteroatoms. The lowest BCUT2D eigenvalue weighted by Gasteiger charge is -2.10. The number of hydrogen-bond acceptors (Lipinski definition) is 3. The van der Waals surface area contributed by atoms with Crippen LogP contribution >= 0.6 is 0 Å². The summed E-state index contributed by atoms with van der Waals surface area (Å²) in [6.45, 7) is 2.57. The van der Waals surface area contributed by atoms with Crippen LogP contribution in [0.15, 0.2) is 48.5 Å². The smallest absolute Gasteiger partial charge is 0.416 e. The molecule has 0 aliphatic carbocycles. The number of nitrogens with one attached hydrogen (secondary N) is 1. The van der Waals surface area contributed by atoms with E-state index in [-0.39, 0.29) is 5.69 Å². The van der Waals surface area contributed by atoms with Crippen molar-refractivity contribution in [2.45, 2.75) is 19.5 Å². The molecule has 0 unspecified atom stereocenters. The molecular formula is C20H20F3NO3. The van der Waals surface area contributed by atoms with Crippen molar-refractivity contribution in [1.82, 2.24) is 0 Å². The number of alkyl halides is 3. The lowest BCUT2D eigenvalue weighted by Crippen LogP contribution is -2.09. The van der Waals surface area contributed by atoms with Crippen LogP contribution in [0.3, 0.4) is 0 Å². The van der Waals surface area contributed by atoms with E-state index >= 15 is 0 Å². The Labute approximate surface area is 155 Å². The Morgan fingerprint density at radius 1 is 1.11 bits per heavy atom. The minimum Gasteiger partial charge on any atom is -0.493 e. The first-order chi connectivity index (χ1) is 12.8. The molecule has 0 aliphatic rings. The van der Waals surface area contributed by atoms with E-state index in [0.29, 0.717) is 18.1 Å². The number of carbonyl (C=O) groups is 1. The maximum atomic E-state index is 12.5. The molecule has 27 heavy (non-hydrogen) atoms. The third kappa shape index (κ3) is 6.06. The topological polar surface area (TPSA) is 47.6 Å². The second-order valence-corrected chi connectivity index (χ2v) is 5.66. The Balaban J connectivity index is 2.01. The van der Waals surface area contributed by atoms with Crippen molar-refractivity contribution in [3.63, 3.8) is 0 Å². The molecule has 0 saturated carbocycles. The van der Waals surface area contributed by atoms with E-state index in [9.17, 15) is 18.0 Å². The molecule has 2 rings (SSSR count). The minimum atomic E-state index is -4.41. The van der Waals surface area contributed by atoms with Gasteiger partial charge in [0.2, 0.25) is 5.91 Å². The largest absolute Gasteiger partial charge is 0.493 e. The molecule has 2 aromatic rings. The van der Waals surface area contributed by atoms with Gasteiger partial charge in [0.25, 0.3) is 0 Å². The van der Waals surface area contributed by atoms with Crippen LogP contribution in [0.2, 0.25) is 0 Å². The summed E-state index contributed by atoms with van der Waals surface area (Å²) in [5.74, 6) is 0.708. The maximum Gasteiger partial charge on any atom is 0.416 e. The number of carbonyl (C=O) groups excluding carboxylic acids is 1. The predicted octanol–water partition coefficient (Wildman–Crippen LogP) is 5.15. The molecule has 0 bridgehead atoms. The van der Waals surface area contributed by atoms with Gasteiger partial charge in [-0.15, -0.1) is 0 Å². The molecular weight excluding hydrogens is 359 g/mol. The fourth-order valence-corrected chi connectivity index (χ4v) is 2.22. The second kappa shape index (κ2) is 9.12. The molecule has 0 saturated heterocycles. The Kier molecular flexibility index (Phi) is 6.87. The van der Waals surface area contributed by atoms with Crippen molar-refractivity contribution in [2.24, 2.45) is 0 Å². The van der Waals surface area contributed by atoms with Crippen LogP contribution in [0, 0.1) is 0 Å². The van der Waals surface area contributed by atoms with Crippen LogP contribution < -0.4 is 14.8 Å². The number of hydrogen-bond donors (Lipinski definition) is 1. The van der Waals surface area contributed by atoms with Gasteiger partial charge in [0.15, 0.2) is 11.5 Å². The van der Waals surface area contributed by atoms with Gasteiger partial charge in [-0.25, -0.2) is 0 Å². The SMILES string of the molecule is CCCOc1ccc(/C=C/C(=O)Nc2ccc(C(F)(F)F)cc2)cc1OC. The van der Waals surface area contributed by atoms with Gasteiger partial charge in [0, 0.05) is 11.8 Å². The van der Waals surface area contributed by atoms with Gasteiger partial charge in [0.1, 0.15) is 0 Å². The fraction of sp³-hybridized carbons (Fsp3) is 0.250. The molecule has 4 nitrogen and oxygen atoms in total. The lowest BCUT2D eigenvalue weighted by molar-refractivity contribution is -0.137. The van der Waals surface area contributed by atoms with Gasteiger partial charge in [-0.05, 0) is 54.5 Å². The number of amides is 1. The summed E-state index contributed by atoms with van der Waals surface area (Å²) >= 11 is 0. The monoisotopic (exact) mass is 379 g/mol. The highest BCUT2D eigenvalue weighted by atomic mass is 19.4. The van der Waals surface area contributed by atoms with Crippen LogP contribution in [0.25, 0.3) is 6.08 Å². The number of rotatable bonds is 7. The number of anilines is 1. The number of halogens is 3.